The number of carbonyl (C=O) groups is 1. The standard InChI is InChI=1S/C8H15F3N2O2/c1-5(2)3-6(12)7(14)13-15-4-8(9,10)11/h5-6H,3-4,12H2,1-2H3,(H,13,14)/t6-/m1/s1. The van der Waals surface area contributed by atoms with E-state index in [0.717, 1.165) is 0 Å². The summed E-state index contributed by atoms with van der Waals surface area (Å²) in [6.45, 7) is 2.18. The van der Waals surface area contributed by atoms with E-state index in [0.29, 0.717) is 6.42 Å². The maximum atomic E-state index is 11.6. The lowest BCUT2D eigenvalue weighted by molar-refractivity contribution is -0.192. The van der Waals surface area contributed by atoms with Crippen LogP contribution in [0.5, 0.6) is 0 Å². The molecule has 0 bridgehead atoms. The number of alkyl halides is 3. The highest BCUT2D eigenvalue weighted by molar-refractivity contribution is 5.80. The van der Waals surface area contributed by atoms with Gasteiger partial charge in [0.05, 0.1) is 6.04 Å². The summed E-state index contributed by atoms with van der Waals surface area (Å²) in [6.07, 6.45) is -4.07. The number of carbonyl (C=O) groups excluding carboxylic acids is 1. The van der Waals surface area contributed by atoms with Crippen LogP contribution in [-0.4, -0.2) is 24.7 Å². The zero-order valence-corrected chi connectivity index (χ0v) is 8.60. The fourth-order valence-corrected chi connectivity index (χ4v) is 0.880. The second-order valence-corrected chi connectivity index (χ2v) is 3.61. The minimum Gasteiger partial charge on any atom is -0.320 e. The summed E-state index contributed by atoms with van der Waals surface area (Å²) in [6, 6.07) is -0.849. The summed E-state index contributed by atoms with van der Waals surface area (Å²) in [7, 11) is 0. The lowest BCUT2D eigenvalue weighted by Gasteiger charge is -2.14. The topological polar surface area (TPSA) is 64.4 Å². The summed E-state index contributed by atoms with van der Waals surface area (Å²) in [5, 5.41) is 0. The molecule has 0 spiro atoms. The van der Waals surface area contributed by atoms with Crippen molar-refractivity contribution in [3.63, 3.8) is 0 Å². The van der Waals surface area contributed by atoms with Crippen LogP contribution in [0.1, 0.15) is 20.3 Å². The minimum atomic E-state index is -4.46. The average molecular weight is 228 g/mol. The first-order valence-corrected chi connectivity index (χ1v) is 4.46. The largest absolute Gasteiger partial charge is 0.414 e. The number of nitrogens with two attached hydrogens (primary N) is 1. The molecule has 0 heterocycles. The van der Waals surface area contributed by atoms with Gasteiger partial charge in [-0.15, -0.1) is 0 Å². The normalized spacial score (nSPS) is 14.1. The van der Waals surface area contributed by atoms with E-state index in [-0.39, 0.29) is 5.92 Å². The first-order chi connectivity index (χ1) is 6.72. The molecule has 0 saturated heterocycles. The molecule has 0 rings (SSSR count). The predicted octanol–water partition coefficient (Wildman–Crippen LogP) is 0.970. The van der Waals surface area contributed by atoms with E-state index in [4.69, 9.17) is 5.73 Å². The Bertz CT molecular complexity index is 207. The van der Waals surface area contributed by atoms with Gasteiger partial charge in [0.1, 0.15) is 0 Å². The average Bonchev–Trinajstić information content (AvgIpc) is 2.00. The van der Waals surface area contributed by atoms with Crippen molar-refractivity contribution in [1.82, 2.24) is 5.48 Å². The van der Waals surface area contributed by atoms with E-state index < -0.39 is 24.7 Å². The fraction of sp³-hybridized carbons (Fsp3) is 0.875. The van der Waals surface area contributed by atoms with E-state index >= 15 is 0 Å². The predicted molar refractivity (Wildman–Crippen MR) is 47.6 cm³/mol. The molecule has 90 valence electrons. The van der Waals surface area contributed by atoms with E-state index in [1.54, 1.807) is 5.48 Å². The van der Waals surface area contributed by atoms with Crippen LogP contribution in [-0.2, 0) is 9.63 Å². The Morgan fingerprint density at radius 3 is 2.40 bits per heavy atom. The molecule has 0 aromatic carbocycles. The number of hydroxylamine groups is 1. The van der Waals surface area contributed by atoms with Crippen molar-refractivity contribution in [2.45, 2.75) is 32.5 Å². The SMILES string of the molecule is CC(C)C[C@@H](N)C(=O)NOCC(F)(F)F. The second-order valence-electron chi connectivity index (χ2n) is 3.61. The molecule has 3 N–H and O–H groups in total. The third-order valence-electron chi connectivity index (χ3n) is 1.47. The van der Waals surface area contributed by atoms with Crippen molar-refractivity contribution < 1.29 is 22.8 Å². The van der Waals surface area contributed by atoms with Gasteiger partial charge in [0.25, 0.3) is 5.91 Å². The molecule has 1 amide bonds. The van der Waals surface area contributed by atoms with Gasteiger partial charge in [0.2, 0.25) is 0 Å². The van der Waals surface area contributed by atoms with Crippen LogP contribution < -0.4 is 11.2 Å². The Morgan fingerprint density at radius 1 is 1.47 bits per heavy atom. The number of halogens is 3. The molecule has 0 saturated carbocycles. The van der Waals surface area contributed by atoms with Crippen LogP contribution in [0.15, 0.2) is 0 Å². The van der Waals surface area contributed by atoms with Gasteiger partial charge in [-0.05, 0) is 12.3 Å². The van der Waals surface area contributed by atoms with Crippen molar-refractivity contribution in [3.8, 4) is 0 Å². The highest BCUT2D eigenvalue weighted by atomic mass is 19.4. The summed E-state index contributed by atoms with van der Waals surface area (Å²) in [5.74, 6) is -0.554. The van der Waals surface area contributed by atoms with Crippen LogP contribution in [0.2, 0.25) is 0 Å². The number of nitrogens with one attached hydrogen (secondary N) is 1. The summed E-state index contributed by atoms with van der Waals surface area (Å²) < 4.78 is 34.8. The van der Waals surface area contributed by atoms with Crippen LogP contribution in [0.25, 0.3) is 0 Å². The fourth-order valence-electron chi connectivity index (χ4n) is 0.880. The molecule has 0 unspecified atom stereocenters. The number of hydrogen-bond acceptors (Lipinski definition) is 3. The molecule has 7 heteroatoms. The Labute approximate surface area is 85.9 Å². The Kier molecular flexibility index (Phi) is 5.59. The first kappa shape index (κ1) is 14.2. The monoisotopic (exact) mass is 228 g/mol. The highest BCUT2D eigenvalue weighted by Gasteiger charge is 2.28. The molecular weight excluding hydrogens is 213 g/mol. The van der Waals surface area contributed by atoms with Gasteiger partial charge >= 0.3 is 6.18 Å². The van der Waals surface area contributed by atoms with Crippen molar-refractivity contribution in [2.75, 3.05) is 6.61 Å². The van der Waals surface area contributed by atoms with E-state index in [2.05, 4.69) is 4.84 Å². The summed E-state index contributed by atoms with van der Waals surface area (Å²) >= 11 is 0. The van der Waals surface area contributed by atoms with Crippen molar-refractivity contribution in [1.29, 1.82) is 0 Å². The second kappa shape index (κ2) is 5.92. The van der Waals surface area contributed by atoms with Gasteiger partial charge in [-0.2, -0.15) is 13.2 Å². The van der Waals surface area contributed by atoms with E-state index in [1.165, 1.54) is 0 Å². The molecule has 0 aromatic rings. The maximum absolute atomic E-state index is 11.6. The van der Waals surface area contributed by atoms with Gasteiger partial charge < -0.3 is 5.73 Å². The van der Waals surface area contributed by atoms with E-state index in [1.807, 2.05) is 13.8 Å². The van der Waals surface area contributed by atoms with Gasteiger partial charge in [-0.1, -0.05) is 13.8 Å². The van der Waals surface area contributed by atoms with Crippen molar-refractivity contribution >= 4 is 5.91 Å². The number of rotatable bonds is 5. The van der Waals surface area contributed by atoms with E-state index in [9.17, 15) is 18.0 Å². The first-order valence-electron chi connectivity index (χ1n) is 4.46. The van der Waals surface area contributed by atoms with Crippen LogP contribution in [0, 0.1) is 5.92 Å². The lowest BCUT2D eigenvalue weighted by Crippen LogP contribution is -2.42. The minimum absolute atomic E-state index is 0.188. The molecular formula is C8H15F3N2O2. The molecule has 0 radical (unpaired) electrons. The van der Waals surface area contributed by atoms with Crippen LogP contribution in [0.3, 0.4) is 0 Å². The van der Waals surface area contributed by atoms with Gasteiger partial charge in [0, 0.05) is 0 Å². The summed E-state index contributed by atoms with van der Waals surface area (Å²) in [4.78, 5) is 15.0. The quantitative estimate of drug-likeness (QED) is 0.689. The number of hydrogen-bond donors (Lipinski definition) is 2. The molecule has 0 aromatic heterocycles. The zero-order valence-electron chi connectivity index (χ0n) is 8.60. The smallest absolute Gasteiger partial charge is 0.320 e. The molecule has 15 heavy (non-hydrogen) atoms. The summed E-state index contributed by atoms with van der Waals surface area (Å²) in [5.41, 5.74) is 7.06. The van der Waals surface area contributed by atoms with Crippen molar-refractivity contribution in [2.24, 2.45) is 11.7 Å². The van der Waals surface area contributed by atoms with Crippen molar-refractivity contribution in [3.05, 3.63) is 0 Å². The van der Waals surface area contributed by atoms with Crippen LogP contribution in [0.4, 0.5) is 13.2 Å². The Morgan fingerprint density at radius 2 is 2.00 bits per heavy atom. The molecule has 0 aliphatic carbocycles. The number of amides is 1. The molecule has 1 atom stereocenters. The van der Waals surface area contributed by atoms with Gasteiger partial charge in [0.15, 0.2) is 6.61 Å². The Hall–Kier alpha value is -0.820. The molecule has 0 aliphatic rings. The molecule has 0 aliphatic heterocycles. The molecule has 4 nitrogen and oxygen atoms in total. The third-order valence-corrected chi connectivity index (χ3v) is 1.47. The third kappa shape index (κ3) is 8.19. The lowest BCUT2D eigenvalue weighted by atomic mass is 10.0. The van der Waals surface area contributed by atoms with Crippen LogP contribution >= 0.6 is 0 Å². The highest BCUT2D eigenvalue weighted by Crippen LogP contribution is 2.13. The zero-order chi connectivity index (χ0) is 12.1. The maximum Gasteiger partial charge on any atom is 0.414 e. The van der Waals surface area contributed by atoms with Gasteiger partial charge in [-0.25, -0.2) is 5.48 Å². The van der Waals surface area contributed by atoms with Gasteiger partial charge in [-0.3, -0.25) is 9.63 Å². The Balaban J connectivity index is 3.74. The molecule has 0 fully saturated rings.